The number of nitrogens with one attached hydrogen (secondary N) is 3. The Balaban J connectivity index is 2.29. The van der Waals surface area contributed by atoms with E-state index in [0.717, 1.165) is 12.0 Å². The molecule has 0 saturated carbocycles. The van der Waals surface area contributed by atoms with Crippen LogP contribution in [0.3, 0.4) is 0 Å². The SMILES string of the molecule is CC(C)CCNC(=O)NC(=O)CN[C@H](C)c1cccc(Cl)c1. The van der Waals surface area contributed by atoms with Crippen LogP contribution in [0.5, 0.6) is 0 Å². The van der Waals surface area contributed by atoms with Crippen molar-refractivity contribution >= 4 is 23.5 Å². The van der Waals surface area contributed by atoms with Crippen molar-refractivity contribution in [2.75, 3.05) is 13.1 Å². The average Bonchev–Trinajstić information content (AvgIpc) is 2.44. The minimum absolute atomic E-state index is 0.0338. The van der Waals surface area contributed by atoms with E-state index in [9.17, 15) is 9.59 Å². The van der Waals surface area contributed by atoms with Crippen molar-refractivity contribution < 1.29 is 9.59 Å². The molecule has 3 amide bonds. The lowest BCUT2D eigenvalue weighted by Gasteiger charge is -2.14. The maximum absolute atomic E-state index is 11.7. The van der Waals surface area contributed by atoms with Crippen LogP contribution in [0.1, 0.15) is 38.8 Å². The molecule has 0 radical (unpaired) electrons. The smallest absolute Gasteiger partial charge is 0.321 e. The summed E-state index contributed by atoms with van der Waals surface area (Å²) >= 11 is 5.93. The summed E-state index contributed by atoms with van der Waals surface area (Å²) in [6.45, 7) is 6.70. The summed E-state index contributed by atoms with van der Waals surface area (Å²) in [7, 11) is 0. The Hall–Kier alpha value is -1.59. The molecule has 6 heteroatoms. The van der Waals surface area contributed by atoms with Crippen molar-refractivity contribution in [3.8, 4) is 0 Å². The van der Waals surface area contributed by atoms with Gasteiger partial charge in [0, 0.05) is 17.6 Å². The van der Waals surface area contributed by atoms with Gasteiger partial charge in [-0.2, -0.15) is 0 Å². The molecule has 0 fully saturated rings. The Labute approximate surface area is 136 Å². The van der Waals surface area contributed by atoms with E-state index in [0.29, 0.717) is 17.5 Å². The van der Waals surface area contributed by atoms with Gasteiger partial charge in [0.15, 0.2) is 0 Å². The van der Waals surface area contributed by atoms with Crippen LogP contribution < -0.4 is 16.0 Å². The minimum atomic E-state index is -0.456. The second-order valence-corrected chi connectivity index (χ2v) is 6.08. The first-order valence-corrected chi connectivity index (χ1v) is 7.82. The van der Waals surface area contributed by atoms with Gasteiger partial charge in [-0.05, 0) is 37.0 Å². The minimum Gasteiger partial charge on any atom is -0.338 e. The van der Waals surface area contributed by atoms with Gasteiger partial charge in [0.25, 0.3) is 0 Å². The molecule has 0 aromatic heterocycles. The number of hydrogen-bond donors (Lipinski definition) is 3. The fourth-order valence-corrected chi connectivity index (χ4v) is 2.03. The van der Waals surface area contributed by atoms with E-state index >= 15 is 0 Å². The van der Waals surface area contributed by atoms with Crippen LogP contribution >= 0.6 is 11.6 Å². The molecule has 1 atom stereocenters. The maximum atomic E-state index is 11.7. The number of rotatable bonds is 7. The van der Waals surface area contributed by atoms with E-state index in [-0.39, 0.29) is 18.5 Å². The molecule has 22 heavy (non-hydrogen) atoms. The third-order valence-electron chi connectivity index (χ3n) is 3.18. The lowest BCUT2D eigenvalue weighted by atomic mass is 10.1. The number of amides is 3. The van der Waals surface area contributed by atoms with Gasteiger partial charge in [-0.25, -0.2) is 4.79 Å². The first-order chi connectivity index (χ1) is 10.4. The summed E-state index contributed by atoms with van der Waals surface area (Å²) in [6.07, 6.45) is 0.881. The molecular formula is C16H24ClN3O2. The zero-order valence-corrected chi connectivity index (χ0v) is 14.0. The molecule has 0 aliphatic heterocycles. The summed E-state index contributed by atoms with van der Waals surface area (Å²) in [5, 5.41) is 8.66. The molecule has 0 unspecified atom stereocenters. The highest BCUT2D eigenvalue weighted by Crippen LogP contribution is 2.16. The lowest BCUT2D eigenvalue weighted by Crippen LogP contribution is -2.44. The van der Waals surface area contributed by atoms with Gasteiger partial charge in [0.2, 0.25) is 5.91 Å². The van der Waals surface area contributed by atoms with Crippen molar-refractivity contribution in [2.45, 2.75) is 33.2 Å². The van der Waals surface area contributed by atoms with E-state index < -0.39 is 6.03 Å². The third-order valence-corrected chi connectivity index (χ3v) is 3.41. The van der Waals surface area contributed by atoms with Gasteiger partial charge in [-0.15, -0.1) is 0 Å². The fraction of sp³-hybridized carbons (Fsp3) is 0.500. The molecule has 0 heterocycles. The molecule has 0 saturated heterocycles. The predicted molar refractivity (Wildman–Crippen MR) is 88.9 cm³/mol. The number of urea groups is 1. The molecule has 0 spiro atoms. The highest BCUT2D eigenvalue weighted by Gasteiger charge is 2.10. The molecule has 1 aromatic carbocycles. The number of carbonyl (C=O) groups excluding carboxylic acids is 2. The Morgan fingerprint density at radius 1 is 1.23 bits per heavy atom. The lowest BCUT2D eigenvalue weighted by molar-refractivity contribution is -0.119. The predicted octanol–water partition coefficient (Wildman–Crippen LogP) is 2.86. The molecule has 0 aliphatic rings. The van der Waals surface area contributed by atoms with Crippen molar-refractivity contribution in [2.24, 2.45) is 5.92 Å². The van der Waals surface area contributed by atoms with Crippen molar-refractivity contribution in [3.63, 3.8) is 0 Å². The second-order valence-electron chi connectivity index (χ2n) is 5.64. The van der Waals surface area contributed by atoms with E-state index in [1.54, 1.807) is 6.07 Å². The Morgan fingerprint density at radius 3 is 2.59 bits per heavy atom. The Morgan fingerprint density at radius 2 is 1.95 bits per heavy atom. The quantitative estimate of drug-likeness (QED) is 0.722. The molecule has 0 bridgehead atoms. The summed E-state index contributed by atoms with van der Waals surface area (Å²) < 4.78 is 0. The number of imide groups is 1. The van der Waals surface area contributed by atoms with Crippen LogP contribution in [0.25, 0.3) is 0 Å². The normalized spacial score (nSPS) is 12.0. The topological polar surface area (TPSA) is 70.2 Å². The third kappa shape index (κ3) is 7.43. The largest absolute Gasteiger partial charge is 0.338 e. The van der Waals surface area contributed by atoms with Crippen LogP contribution in [0, 0.1) is 5.92 Å². The van der Waals surface area contributed by atoms with Gasteiger partial charge in [-0.1, -0.05) is 37.6 Å². The molecule has 1 rings (SSSR count). The monoisotopic (exact) mass is 325 g/mol. The van der Waals surface area contributed by atoms with Gasteiger partial charge >= 0.3 is 6.03 Å². The van der Waals surface area contributed by atoms with Crippen LogP contribution in [0.2, 0.25) is 5.02 Å². The standard InChI is InChI=1S/C16H24ClN3O2/c1-11(2)7-8-18-16(22)20-15(21)10-19-12(3)13-5-4-6-14(17)9-13/h4-6,9,11-12,19H,7-8,10H2,1-3H3,(H2,18,20,21,22)/t12-/m1/s1. The maximum Gasteiger partial charge on any atom is 0.321 e. The average molecular weight is 326 g/mol. The van der Waals surface area contributed by atoms with Crippen molar-refractivity contribution in [1.82, 2.24) is 16.0 Å². The second kappa shape index (κ2) is 9.43. The van der Waals surface area contributed by atoms with Gasteiger partial charge in [0.1, 0.15) is 0 Å². The molecule has 0 aliphatic carbocycles. The zero-order chi connectivity index (χ0) is 16.5. The zero-order valence-electron chi connectivity index (χ0n) is 13.3. The van der Waals surface area contributed by atoms with Crippen LogP contribution in [0.15, 0.2) is 24.3 Å². The Bertz CT molecular complexity index is 506. The van der Waals surface area contributed by atoms with Crippen LogP contribution in [-0.2, 0) is 4.79 Å². The number of hydrogen-bond acceptors (Lipinski definition) is 3. The molecule has 3 N–H and O–H groups in total. The van der Waals surface area contributed by atoms with Crippen LogP contribution in [-0.4, -0.2) is 25.0 Å². The van der Waals surface area contributed by atoms with Crippen molar-refractivity contribution in [1.29, 1.82) is 0 Å². The van der Waals surface area contributed by atoms with Crippen molar-refractivity contribution in [3.05, 3.63) is 34.9 Å². The Kier molecular flexibility index (Phi) is 7.91. The number of carbonyl (C=O) groups is 2. The van der Waals surface area contributed by atoms with Gasteiger partial charge in [0.05, 0.1) is 6.54 Å². The first-order valence-electron chi connectivity index (χ1n) is 7.45. The molecule has 122 valence electrons. The van der Waals surface area contributed by atoms with Gasteiger partial charge < -0.3 is 10.6 Å². The fourth-order valence-electron chi connectivity index (χ4n) is 1.83. The van der Waals surface area contributed by atoms with Crippen LogP contribution in [0.4, 0.5) is 4.79 Å². The molecular weight excluding hydrogens is 302 g/mol. The summed E-state index contributed by atoms with van der Waals surface area (Å²) in [5.74, 6) is 0.145. The van der Waals surface area contributed by atoms with E-state index in [4.69, 9.17) is 11.6 Å². The highest BCUT2D eigenvalue weighted by atomic mass is 35.5. The summed E-state index contributed by atoms with van der Waals surface area (Å²) in [6, 6.07) is 6.94. The van der Waals surface area contributed by atoms with E-state index in [2.05, 4.69) is 29.8 Å². The van der Waals surface area contributed by atoms with E-state index in [1.807, 2.05) is 25.1 Å². The summed E-state index contributed by atoms with van der Waals surface area (Å²) in [4.78, 5) is 23.2. The first kappa shape index (κ1) is 18.5. The number of benzene rings is 1. The van der Waals surface area contributed by atoms with Gasteiger partial charge in [-0.3, -0.25) is 10.1 Å². The molecule has 1 aromatic rings. The number of halogens is 1. The summed E-state index contributed by atoms with van der Waals surface area (Å²) in [5.41, 5.74) is 0.988. The van der Waals surface area contributed by atoms with E-state index in [1.165, 1.54) is 0 Å². The molecule has 5 nitrogen and oxygen atoms in total. The highest BCUT2D eigenvalue weighted by molar-refractivity contribution is 6.30.